The zero-order valence-corrected chi connectivity index (χ0v) is 8.42. The Labute approximate surface area is 74.1 Å². The van der Waals surface area contributed by atoms with Crippen LogP contribution >= 0.6 is 11.8 Å². The molecule has 0 bridgehead atoms. The van der Waals surface area contributed by atoms with Gasteiger partial charge in [-0.15, -0.1) is 11.8 Å². The van der Waals surface area contributed by atoms with Crippen molar-refractivity contribution < 1.29 is 0 Å². The van der Waals surface area contributed by atoms with Gasteiger partial charge in [-0.05, 0) is 25.7 Å². The first-order chi connectivity index (χ1) is 5.04. The van der Waals surface area contributed by atoms with Gasteiger partial charge < -0.3 is 0 Å². The normalized spacial score (nSPS) is 11.4. The Hall–Kier alpha value is -0.430. The number of thioether (sulfide) groups is 1. The van der Waals surface area contributed by atoms with Crippen molar-refractivity contribution in [3.05, 3.63) is 35.3 Å². The van der Waals surface area contributed by atoms with E-state index in [2.05, 4.69) is 26.2 Å². The van der Waals surface area contributed by atoms with Gasteiger partial charge in [-0.2, -0.15) is 0 Å². The van der Waals surface area contributed by atoms with Crippen LogP contribution in [0.3, 0.4) is 0 Å². The quantitative estimate of drug-likeness (QED) is 0.576. The lowest BCUT2D eigenvalue weighted by Gasteiger charge is -1.98. The highest BCUT2D eigenvalue weighted by atomic mass is 32.2. The molecule has 0 radical (unpaired) electrons. The first-order valence-corrected chi connectivity index (χ1v) is 4.63. The maximum absolute atomic E-state index is 3.85. The van der Waals surface area contributed by atoms with E-state index < -0.39 is 0 Å². The molecule has 0 unspecified atom stereocenters. The Morgan fingerprint density at radius 1 is 1.27 bits per heavy atom. The summed E-state index contributed by atoms with van der Waals surface area (Å²) in [6.07, 6.45) is 2.18. The Kier molecular flexibility index (Phi) is 5.05. The van der Waals surface area contributed by atoms with Gasteiger partial charge in [0.15, 0.2) is 0 Å². The van der Waals surface area contributed by atoms with E-state index in [9.17, 15) is 0 Å². The molecule has 0 aliphatic carbocycles. The van der Waals surface area contributed by atoms with Crippen LogP contribution in [0.5, 0.6) is 0 Å². The fraction of sp³-hybridized carbons (Fsp3) is 0.400. The smallest absolute Gasteiger partial charge is 0.0163 e. The topological polar surface area (TPSA) is 0 Å². The Bertz CT molecular complexity index is 187. The molecule has 0 atom stereocenters. The molecule has 62 valence electrons. The summed E-state index contributed by atoms with van der Waals surface area (Å²) in [6.45, 7) is 13.8. The highest BCUT2D eigenvalue weighted by Crippen LogP contribution is 2.14. The lowest BCUT2D eigenvalue weighted by Crippen LogP contribution is -1.78. The Morgan fingerprint density at radius 2 is 1.82 bits per heavy atom. The highest BCUT2D eigenvalue weighted by molar-refractivity contribution is 8.03. The minimum Gasteiger partial charge on any atom is -0.127 e. The minimum absolute atomic E-state index is 1.01. The third-order valence-electron chi connectivity index (χ3n) is 1.39. The Balaban J connectivity index is 3.74. The van der Waals surface area contributed by atoms with Crippen molar-refractivity contribution in [2.45, 2.75) is 20.8 Å². The van der Waals surface area contributed by atoms with Gasteiger partial charge in [0.2, 0.25) is 0 Å². The molecule has 0 saturated carbocycles. The second kappa shape index (κ2) is 5.25. The summed E-state index contributed by atoms with van der Waals surface area (Å²) in [7, 11) is 0. The van der Waals surface area contributed by atoms with Crippen molar-refractivity contribution in [2.24, 2.45) is 0 Å². The zero-order chi connectivity index (χ0) is 8.85. The van der Waals surface area contributed by atoms with Crippen LogP contribution in [0.4, 0.5) is 0 Å². The van der Waals surface area contributed by atoms with E-state index in [1.54, 1.807) is 11.8 Å². The third kappa shape index (κ3) is 5.99. The number of hydrogen-bond acceptors (Lipinski definition) is 1. The average Bonchev–Trinajstić information content (AvgIpc) is 1.86. The molecule has 0 aromatic heterocycles. The SMILES string of the molecule is C=C(C)SC/C=C(\C)C(=C)C. The molecular weight excluding hydrogens is 152 g/mol. The maximum atomic E-state index is 3.85. The molecule has 0 spiro atoms. The van der Waals surface area contributed by atoms with Gasteiger partial charge in [0.25, 0.3) is 0 Å². The van der Waals surface area contributed by atoms with E-state index in [4.69, 9.17) is 0 Å². The summed E-state index contributed by atoms with van der Waals surface area (Å²) in [5, 5.41) is 0. The number of hydrogen-bond donors (Lipinski definition) is 0. The van der Waals surface area contributed by atoms with Crippen LogP contribution < -0.4 is 0 Å². The largest absolute Gasteiger partial charge is 0.127 e. The second-order valence-electron chi connectivity index (χ2n) is 2.68. The molecule has 0 N–H and O–H groups in total. The van der Waals surface area contributed by atoms with Gasteiger partial charge in [0.05, 0.1) is 0 Å². The van der Waals surface area contributed by atoms with Crippen LogP contribution in [0.15, 0.2) is 35.3 Å². The lowest BCUT2D eigenvalue weighted by atomic mass is 10.1. The van der Waals surface area contributed by atoms with Gasteiger partial charge in [-0.3, -0.25) is 0 Å². The molecule has 0 aliphatic heterocycles. The summed E-state index contributed by atoms with van der Waals surface area (Å²) >= 11 is 1.77. The van der Waals surface area contributed by atoms with Crippen molar-refractivity contribution in [1.29, 1.82) is 0 Å². The van der Waals surface area contributed by atoms with Crippen LogP contribution in [0.25, 0.3) is 0 Å². The molecule has 11 heavy (non-hydrogen) atoms. The van der Waals surface area contributed by atoms with E-state index in [-0.39, 0.29) is 0 Å². The van der Waals surface area contributed by atoms with E-state index >= 15 is 0 Å². The second-order valence-corrected chi connectivity index (χ2v) is 4.00. The summed E-state index contributed by atoms with van der Waals surface area (Å²) in [4.78, 5) is 1.16. The first kappa shape index (κ1) is 10.6. The molecule has 0 amide bonds. The minimum atomic E-state index is 1.01. The van der Waals surface area contributed by atoms with Gasteiger partial charge in [0.1, 0.15) is 0 Å². The molecule has 0 aliphatic rings. The standard InChI is InChI=1S/C10H16S/c1-8(2)10(5)6-7-11-9(3)4/h6H,1,3,7H2,2,4-5H3/b10-6+. The van der Waals surface area contributed by atoms with Crippen LogP contribution in [-0.2, 0) is 0 Å². The fourth-order valence-electron chi connectivity index (χ4n) is 0.483. The monoisotopic (exact) mass is 168 g/mol. The van der Waals surface area contributed by atoms with Crippen molar-refractivity contribution in [2.75, 3.05) is 5.75 Å². The molecule has 0 aromatic carbocycles. The molecule has 0 nitrogen and oxygen atoms in total. The van der Waals surface area contributed by atoms with E-state index in [1.807, 2.05) is 13.8 Å². The fourth-order valence-corrected chi connectivity index (χ4v) is 1.10. The van der Waals surface area contributed by atoms with Gasteiger partial charge in [-0.1, -0.05) is 30.4 Å². The van der Waals surface area contributed by atoms with Crippen LogP contribution in [0.1, 0.15) is 20.8 Å². The van der Waals surface area contributed by atoms with Gasteiger partial charge >= 0.3 is 0 Å². The molecule has 0 aromatic rings. The van der Waals surface area contributed by atoms with Crippen molar-refractivity contribution >= 4 is 11.8 Å². The van der Waals surface area contributed by atoms with Crippen LogP contribution in [-0.4, -0.2) is 5.75 Å². The molecular formula is C10H16S. The number of allylic oxidation sites excluding steroid dienone is 3. The average molecular weight is 168 g/mol. The van der Waals surface area contributed by atoms with Crippen molar-refractivity contribution in [1.82, 2.24) is 0 Å². The molecule has 0 rings (SSSR count). The maximum Gasteiger partial charge on any atom is 0.0163 e. The molecule has 1 heteroatoms. The number of rotatable bonds is 4. The van der Waals surface area contributed by atoms with E-state index in [0.29, 0.717) is 0 Å². The van der Waals surface area contributed by atoms with Crippen molar-refractivity contribution in [3.8, 4) is 0 Å². The molecule has 0 fully saturated rings. The summed E-state index contributed by atoms with van der Waals surface area (Å²) < 4.78 is 0. The zero-order valence-electron chi connectivity index (χ0n) is 7.61. The summed E-state index contributed by atoms with van der Waals surface area (Å²) in [5.74, 6) is 1.01. The predicted molar refractivity (Wildman–Crippen MR) is 55.8 cm³/mol. The Morgan fingerprint density at radius 3 is 2.18 bits per heavy atom. The lowest BCUT2D eigenvalue weighted by molar-refractivity contribution is 1.35. The van der Waals surface area contributed by atoms with Crippen LogP contribution in [0.2, 0.25) is 0 Å². The van der Waals surface area contributed by atoms with E-state index in [1.165, 1.54) is 5.57 Å². The van der Waals surface area contributed by atoms with Crippen LogP contribution in [0, 0.1) is 0 Å². The molecule has 0 saturated heterocycles. The van der Waals surface area contributed by atoms with Gasteiger partial charge in [-0.25, -0.2) is 0 Å². The van der Waals surface area contributed by atoms with Crippen molar-refractivity contribution in [3.63, 3.8) is 0 Å². The third-order valence-corrected chi connectivity index (χ3v) is 2.22. The highest BCUT2D eigenvalue weighted by Gasteiger charge is 1.88. The van der Waals surface area contributed by atoms with Gasteiger partial charge in [0, 0.05) is 5.75 Å². The molecule has 0 heterocycles. The summed E-state index contributed by atoms with van der Waals surface area (Å²) in [6, 6.07) is 0. The predicted octanol–water partition coefficient (Wildman–Crippen LogP) is 3.78. The summed E-state index contributed by atoms with van der Waals surface area (Å²) in [5.41, 5.74) is 2.42. The first-order valence-electron chi connectivity index (χ1n) is 3.65. The van der Waals surface area contributed by atoms with E-state index in [0.717, 1.165) is 16.2 Å².